The first-order chi connectivity index (χ1) is 15.8. The topological polar surface area (TPSA) is 43.5 Å². The Morgan fingerprint density at radius 1 is 0.625 bits per heavy atom. The molecule has 168 valence electrons. The molecule has 2 aromatic carbocycles. The molecule has 0 amide bonds. The molecule has 2 aromatic rings. The van der Waals surface area contributed by atoms with Gasteiger partial charge in [-0.1, -0.05) is 24.3 Å². The number of hydrogen-bond acceptors (Lipinski definition) is 4. The van der Waals surface area contributed by atoms with Crippen molar-refractivity contribution in [2.24, 2.45) is 23.7 Å². The summed E-state index contributed by atoms with van der Waals surface area (Å²) in [5, 5.41) is 0. The molecule has 2 saturated heterocycles. The van der Waals surface area contributed by atoms with Gasteiger partial charge in [0.1, 0.15) is 36.9 Å². The second-order valence-corrected chi connectivity index (χ2v) is 10.7. The molecule has 5 aliphatic rings. The molecule has 0 aromatic heterocycles. The number of epoxide rings is 2. The number of hydrogen-bond donors (Lipinski definition) is 0. The third-order valence-electron chi connectivity index (χ3n) is 8.80. The molecule has 3 aliphatic carbocycles. The molecule has 4 heteroatoms. The largest absolute Gasteiger partial charge is 0.491 e. The summed E-state index contributed by atoms with van der Waals surface area (Å²) in [7, 11) is 0. The van der Waals surface area contributed by atoms with Gasteiger partial charge >= 0.3 is 0 Å². The molecule has 8 atom stereocenters. The molecule has 0 N–H and O–H groups in total. The summed E-state index contributed by atoms with van der Waals surface area (Å²) >= 11 is 0. The normalized spacial score (nSPS) is 38.5. The zero-order chi connectivity index (χ0) is 21.1. The van der Waals surface area contributed by atoms with Crippen LogP contribution in [0.25, 0.3) is 0 Å². The van der Waals surface area contributed by atoms with Gasteiger partial charge in [-0.2, -0.15) is 0 Å². The fourth-order valence-corrected chi connectivity index (χ4v) is 7.08. The Hall–Kier alpha value is -2.04. The van der Waals surface area contributed by atoms with Crippen LogP contribution in [0.15, 0.2) is 48.5 Å². The number of ether oxygens (including phenoxy) is 4. The minimum Gasteiger partial charge on any atom is -0.491 e. The number of benzene rings is 2. The molecule has 7 rings (SSSR count). The highest BCUT2D eigenvalue weighted by atomic mass is 16.6. The van der Waals surface area contributed by atoms with E-state index in [4.69, 9.17) is 18.9 Å². The second kappa shape index (κ2) is 7.78. The molecule has 2 aliphatic heterocycles. The highest BCUT2D eigenvalue weighted by Gasteiger charge is 2.56. The second-order valence-electron chi connectivity index (χ2n) is 10.7. The molecular weight excluding hydrogens is 400 g/mol. The fourth-order valence-electron chi connectivity index (χ4n) is 7.08. The van der Waals surface area contributed by atoms with E-state index in [0.717, 1.165) is 60.2 Å². The molecular formula is C28H32O4. The Labute approximate surface area is 190 Å². The Morgan fingerprint density at radius 3 is 1.78 bits per heavy atom. The van der Waals surface area contributed by atoms with E-state index in [2.05, 4.69) is 48.5 Å². The highest BCUT2D eigenvalue weighted by molar-refractivity contribution is 5.34. The molecule has 2 heterocycles. The molecule has 8 unspecified atom stereocenters. The first kappa shape index (κ1) is 19.4. The average Bonchev–Trinajstić information content (AvgIpc) is 3.72. The van der Waals surface area contributed by atoms with E-state index in [1.165, 1.54) is 36.8 Å². The molecule has 3 saturated carbocycles. The van der Waals surface area contributed by atoms with Crippen LogP contribution in [-0.4, -0.2) is 38.6 Å². The highest BCUT2D eigenvalue weighted by Crippen LogP contribution is 2.65. The van der Waals surface area contributed by atoms with E-state index in [1.807, 2.05) is 0 Å². The maximum atomic E-state index is 5.84. The quantitative estimate of drug-likeness (QED) is 0.540. The van der Waals surface area contributed by atoms with Crippen molar-refractivity contribution >= 4 is 0 Å². The van der Waals surface area contributed by atoms with E-state index in [-0.39, 0.29) is 0 Å². The van der Waals surface area contributed by atoms with E-state index in [9.17, 15) is 0 Å². The minimum absolute atomic E-state index is 0.313. The van der Waals surface area contributed by atoms with Gasteiger partial charge in [0.25, 0.3) is 0 Å². The smallest absolute Gasteiger partial charge is 0.119 e. The van der Waals surface area contributed by atoms with Crippen LogP contribution in [0, 0.1) is 23.7 Å². The molecule has 5 fully saturated rings. The van der Waals surface area contributed by atoms with Crippen molar-refractivity contribution in [3.8, 4) is 11.5 Å². The lowest BCUT2D eigenvalue weighted by Gasteiger charge is -2.31. The van der Waals surface area contributed by atoms with Crippen LogP contribution in [0.4, 0.5) is 0 Å². The van der Waals surface area contributed by atoms with E-state index in [1.54, 1.807) is 0 Å². The first-order valence-electron chi connectivity index (χ1n) is 12.5. The minimum atomic E-state index is 0.313. The third kappa shape index (κ3) is 3.72. The van der Waals surface area contributed by atoms with Crippen LogP contribution in [0.1, 0.15) is 48.6 Å². The van der Waals surface area contributed by atoms with Gasteiger partial charge in [-0.3, -0.25) is 0 Å². The summed E-state index contributed by atoms with van der Waals surface area (Å²) in [5.41, 5.74) is 3.03. The van der Waals surface area contributed by atoms with Crippen molar-refractivity contribution in [1.82, 2.24) is 0 Å². The van der Waals surface area contributed by atoms with Crippen LogP contribution in [0.5, 0.6) is 11.5 Å². The Balaban J connectivity index is 0.994. The molecule has 2 bridgehead atoms. The van der Waals surface area contributed by atoms with E-state index < -0.39 is 0 Å². The van der Waals surface area contributed by atoms with Gasteiger partial charge < -0.3 is 18.9 Å². The summed E-state index contributed by atoms with van der Waals surface area (Å²) < 4.78 is 22.1. The molecule has 4 nitrogen and oxygen atoms in total. The molecule has 0 spiro atoms. The van der Waals surface area contributed by atoms with Gasteiger partial charge in [0.15, 0.2) is 0 Å². The van der Waals surface area contributed by atoms with E-state index >= 15 is 0 Å². The predicted molar refractivity (Wildman–Crippen MR) is 121 cm³/mol. The third-order valence-corrected chi connectivity index (χ3v) is 8.80. The van der Waals surface area contributed by atoms with Gasteiger partial charge in [-0.05, 0) is 96.6 Å². The van der Waals surface area contributed by atoms with Crippen molar-refractivity contribution in [2.75, 3.05) is 26.4 Å². The average molecular weight is 433 g/mol. The lowest BCUT2D eigenvalue weighted by molar-refractivity contribution is 0.232. The van der Waals surface area contributed by atoms with Crippen LogP contribution < -0.4 is 9.47 Å². The lowest BCUT2D eigenvalue weighted by atomic mass is 9.73. The Morgan fingerprint density at radius 2 is 1.19 bits per heavy atom. The van der Waals surface area contributed by atoms with Crippen molar-refractivity contribution in [3.63, 3.8) is 0 Å². The van der Waals surface area contributed by atoms with Crippen LogP contribution in [0.3, 0.4) is 0 Å². The standard InChI is InChI=1S/C28H32O4/c1-5-21(29-13-23-15-31-23)6-2-17(1)19-9-26-20-11-25(28(12-20)27(26)10-19)18-3-7-22(8-4-18)30-14-24-16-32-24/h1-8,19-20,23-28H,9-16H2. The monoisotopic (exact) mass is 432 g/mol. The zero-order valence-electron chi connectivity index (χ0n) is 18.5. The van der Waals surface area contributed by atoms with Gasteiger partial charge in [-0.15, -0.1) is 0 Å². The maximum absolute atomic E-state index is 5.84. The summed E-state index contributed by atoms with van der Waals surface area (Å²) in [6, 6.07) is 17.9. The summed E-state index contributed by atoms with van der Waals surface area (Å²) in [4.78, 5) is 0. The predicted octanol–water partition coefficient (Wildman–Crippen LogP) is 5.18. The Bertz CT molecular complexity index is 946. The van der Waals surface area contributed by atoms with Crippen molar-refractivity contribution in [2.45, 2.75) is 49.7 Å². The fraction of sp³-hybridized carbons (Fsp3) is 0.571. The zero-order valence-corrected chi connectivity index (χ0v) is 18.5. The summed E-state index contributed by atoms with van der Waals surface area (Å²) in [6.07, 6.45) is 6.19. The van der Waals surface area contributed by atoms with Gasteiger partial charge in [-0.25, -0.2) is 0 Å². The SMILES string of the molecule is c1cc(C2CC3C4CC(c5ccc(OCC6CO6)cc5)C(C4)C3C2)ccc1OCC1CO1. The van der Waals surface area contributed by atoms with Gasteiger partial charge in [0.05, 0.1) is 13.2 Å². The van der Waals surface area contributed by atoms with Crippen molar-refractivity contribution < 1.29 is 18.9 Å². The molecule has 0 radical (unpaired) electrons. The Kier molecular flexibility index (Phi) is 4.72. The van der Waals surface area contributed by atoms with Crippen molar-refractivity contribution in [1.29, 1.82) is 0 Å². The molecule has 32 heavy (non-hydrogen) atoms. The summed E-state index contributed by atoms with van der Waals surface area (Å²) in [5.74, 6) is 7.02. The van der Waals surface area contributed by atoms with Crippen molar-refractivity contribution in [3.05, 3.63) is 59.7 Å². The summed E-state index contributed by atoms with van der Waals surface area (Å²) in [6.45, 7) is 3.06. The number of fused-ring (bicyclic) bond motifs is 5. The number of rotatable bonds is 8. The van der Waals surface area contributed by atoms with Crippen LogP contribution in [0.2, 0.25) is 0 Å². The van der Waals surface area contributed by atoms with Gasteiger partial charge in [0, 0.05) is 0 Å². The van der Waals surface area contributed by atoms with Gasteiger partial charge in [0.2, 0.25) is 0 Å². The van der Waals surface area contributed by atoms with E-state index in [0.29, 0.717) is 25.4 Å². The first-order valence-corrected chi connectivity index (χ1v) is 12.5. The lowest BCUT2D eigenvalue weighted by Crippen LogP contribution is -2.23. The maximum Gasteiger partial charge on any atom is 0.119 e. The van der Waals surface area contributed by atoms with Crippen LogP contribution >= 0.6 is 0 Å². The van der Waals surface area contributed by atoms with Crippen LogP contribution in [-0.2, 0) is 9.47 Å².